The van der Waals surface area contributed by atoms with E-state index < -0.39 is 0 Å². The molecular weight excluding hydrogens is 280 g/mol. The van der Waals surface area contributed by atoms with Crippen molar-refractivity contribution in [1.82, 2.24) is 0 Å². The summed E-state index contributed by atoms with van der Waals surface area (Å²) in [4.78, 5) is 2.66. The van der Waals surface area contributed by atoms with Crippen molar-refractivity contribution >= 4 is 33.4 Å². The van der Waals surface area contributed by atoms with Crippen molar-refractivity contribution in [1.29, 1.82) is 0 Å². The lowest BCUT2D eigenvalue weighted by Gasteiger charge is -2.07. The highest BCUT2D eigenvalue weighted by atomic mass is 32.1. The van der Waals surface area contributed by atoms with Crippen LogP contribution in [0.2, 0.25) is 0 Å². The van der Waals surface area contributed by atoms with Gasteiger partial charge in [-0.3, -0.25) is 0 Å². The number of rotatable bonds is 2. The van der Waals surface area contributed by atoms with Crippen molar-refractivity contribution in [2.75, 3.05) is 0 Å². The summed E-state index contributed by atoms with van der Waals surface area (Å²) in [6.45, 7) is 0. The van der Waals surface area contributed by atoms with Crippen LogP contribution in [-0.2, 0) is 0 Å². The van der Waals surface area contributed by atoms with E-state index >= 15 is 0 Å². The Morgan fingerprint density at radius 2 is 1.45 bits per heavy atom. The molecule has 0 bridgehead atoms. The molecule has 0 saturated carbocycles. The van der Waals surface area contributed by atoms with E-state index in [1.165, 1.54) is 31.7 Å². The summed E-state index contributed by atoms with van der Waals surface area (Å²) in [5, 5.41) is 6.90. The molecule has 0 unspecified atom stereocenters. The van der Waals surface area contributed by atoms with Gasteiger partial charge in [0.2, 0.25) is 0 Å². The van der Waals surface area contributed by atoms with E-state index in [1.807, 2.05) is 0 Å². The molecule has 0 aliphatic carbocycles. The summed E-state index contributed by atoms with van der Waals surface area (Å²) in [5.41, 5.74) is 2.63. The SMILES string of the molecule is c1csc(-c2ccc3cccc(-c4cccs4)c3c2)c1. The van der Waals surface area contributed by atoms with Crippen LogP contribution in [0.15, 0.2) is 71.4 Å². The van der Waals surface area contributed by atoms with Crippen LogP contribution in [0.4, 0.5) is 0 Å². The fraction of sp³-hybridized carbons (Fsp3) is 0. The summed E-state index contributed by atoms with van der Waals surface area (Å²) < 4.78 is 0. The highest BCUT2D eigenvalue weighted by Crippen LogP contribution is 2.35. The van der Waals surface area contributed by atoms with Crippen molar-refractivity contribution in [2.45, 2.75) is 0 Å². The Morgan fingerprint density at radius 1 is 0.650 bits per heavy atom. The third-order valence-corrected chi connectivity index (χ3v) is 5.30. The second-order valence-corrected chi connectivity index (χ2v) is 6.59. The molecule has 0 atom stereocenters. The van der Waals surface area contributed by atoms with Crippen molar-refractivity contribution in [3.05, 3.63) is 71.4 Å². The van der Waals surface area contributed by atoms with Crippen molar-refractivity contribution in [3.8, 4) is 20.9 Å². The summed E-state index contributed by atoms with van der Waals surface area (Å²) >= 11 is 3.59. The van der Waals surface area contributed by atoms with E-state index in [-0.39, 0.29) is 0 Å². The molecule has 2 heteroatoms. The maximum atomic E-state index is 2.32. The molecule has 0 radical (unpaired) electrons. The normalized spacial score (nSPS) is 11.0. The van der Waals surface area contributed by atoms with Gasteiger partial charge in [-0.05, 0) is 50.9 Å². The van der Waals surface area contributed by atoms with Crippen LogP contribution < -0.4 is 0 Å². The van der Waals surface area contributed by atoms with Crippen LogP contribution in [0.1, 0.15) is 0 Å². The van der Waals surface area contributed by atoms with Gasteiger partial charge in [-0.1, -0.05) is 42.5 Å². The fourth-order valence-corrected chi connectivity index (χ4v) is 4.01. The Kier molecular flexibility index (Phi) is 2.91. The molecular formula is C18H12S2. The molecule has 0 saturated heterocycles. The van der Waals surface area contributed by atoms with E-state index in [0.29, 0.717) is 0 Å². The number of hydrogen-bond donors (Lipinski definition) is 0. The van der Waals surface area contributed by atoms with Crippen molar-refractivity contribution in [2.24, 2.45) is 0 Å². The Labute approximate surface area is 126 Å². The number of thiophene rings is 2. The standard InChI is InChI=1S/C18H12S2/c1-4-13-8-9-14(17-6-2-10-19-17)12-16(13)15(5-1)18-7-3-11-20-18/h1-12H. The lowest BCUT2D eigenvalue weighted by atomic mass is 10.0. The average Bonchev–Trinajstić information content (AvgIpc) is 3.19. The van der Waals surface area contributed by atoms with E-state index in [1.54, 1.807) is 22.7 Å². The summed E-state index contributed by atoms with van der Waals surface area (Å²) in [7, 11) is 0. The first kappa shape index (κ1) is 11.9. The van der Waals surface area contributed by atoms with Crippen molar-refractivity contribution in [3.63, 3.8) is 0 Å². The zero-order valence-corrected chi connectivity index (χ0v) is 12.4. The van der Waals surface area contributed by atoms with Gasteiger partial charge in [0.15, 0.2) is 0 Å². The van der Waals surface area contributed by atoms with Gasteiger partial charge in [-0.25, -0.2) is 0 Å². The zero-order chi connectivity index (χ0) is 13.4. The van der Waals surface area contributed by atoms with Crippen LogP contribution in [0.3, 0.4) is 0 Å². The predicted molar refractivity (Wildman–Crippen MR) is 90.6 cm³/mol. The average molecular weight is 292 g/mol. The first-order valence-corrected chi connectivity index (χ1v) is 8.28. The van der Waals surface area contributed by atoms with Gasteiger partial charge in [-0.2, -0.15) is 0 Å². The third-order valence-electron chi connectivity index (χ3n) is 3.47. The fourth-order valence-electron chi connectivity index (χ4n) is 2.52. The first-order valence-electron chi connectivity index (χ1n) is 6.52. The molecule has 0 nitrogen and oxygen atoms in total. The van der Waals surface area contributed by atoms with Gasteiger partial charge in [0, 0.05) is 9.75 Å². The number of hydrogen-bond acceptors (Lipinski definition) is 2. The van der Waals surface area contributed by atoms with Crippen molar-refractivity contribution < 1.29 is 0 Å². The zero-order valence-electron chi connectivity index (χ0n) is 10.7. The Morgan fingerprint density at radius 3 is 2.20 bits per heavy atom. The van der Waals surface area contributed by atoms with Crippen LogP contribution in [-0.4, -0.2) is 0 Å². The third kappa shape index (κ3) is 1.98. The molecule has 4 rings (SSSR count). The summed E-state index contributed by atoms with van der Waals surface area (Å²) in [6, 6.07) is 21.9. The molecule has 2 heterocycles. The summed E-state index contributed by atoms with van der Waals surface area (Å²) in [6.07, 6.45) is 0. The number of fused-ring (bicyclic) bond motifs is 1. The summed E-state index contributed by atoms with van der Waals surface area (Å²) in [5.74, 6) is 0. The predicted octanol–water partition coefficient (Wildman–Crippen LogP) is 6.30. The molecule has 4 aromatic rings. The Bertz CT molecular complexity index is 840. The van der Waals surface area contributed by atoms with Gasteiger partial charge in [0.05, 0.1) is 0 Å². The molecule has 2 aromatic carbocycles. The molecule has 0 spiro atoms. The quantitative estimate of drug-likeness (QED) is 0.407. The molecule has 0 amide bonds. The highest BCUT2D eigenvalue weighted by Gasteiger charge is 2.06. The molecule has 0 aliphatic heterocycles. The van der Waals surface area contributed by atoms with E-state index in [2.05, 4.69) is 71.4 Å². The van der Waals surface area contributed by atoms with E-state index in [0.717, 1.165) is 0 Å². The molecule has 0 aliphatic rings. The minimum atomic E-state index is 1.30. The Balaban J connectivity index is 1.99. The van der Waals surface area contributed by atoms with E-state index in [9.17, 15) is 0 Å². The maximum absolute atomic E-state index is 2.32. The topological polar surface area (TPSA) is 0 Å². The van der Waals surface area contributed by atoms with Crippen LogP contribution in [0.5, 0.6) is 0 Å². The molecule has 20 heavy (non-hydrogen) atoms. The second kappa shape index (κ2) is 4.89. The largest absolute Gasteiger partial charge is 0.144 e. The lowest BCUT2D eigenvalue weighted by Crippen LogP contribution is -1.80. The maximum Gasteiger partial charge on any atom is 0.0348 e. The minimum Gasteiger partial charge on any atom is -0.144 e. The van der Waals surface area contributed by atoms with E-state index in [4.69, 9.17) is 0 Å². The molecule has 96 valence electrons. The molecule has 2 aromatic heterocycles. The van der Waals surface area contributed by atoms with Gasteiger partial charge < -0.3 is 0 Å². The van der Waals surface area contributed by atoms with Crippen LogP contribution in [0, 0.1) is 0 Å². The van der Waals surface area contributed by atoms with Crippen LogP contribution in [0.25, 0.3) is 31.7 Å². The smallest absolute Gasteiger partial charge is 0.0348 e. The van der Waals surface area contributed by atoms with Gasteiger partial charge in [-0.15, -0.1) is 22.7 Å². The monoisotopic (exact) mass is 292 g/mol. The molecule has 0 fully saturated rings. The number of benzene rings is 2. The second-order valence-electron chi connectivity index (χ2n) is 4.70. The van der Waals surface area contributed by atoms with Crippen LogP contribution >= 0.6 is 22.7 Å². The minimum absolute atomic E-state index is 1.30. The lowest BCUT2D eigenvalue weighted by molar-refractivity contribution is 1.72. The Hall–Kier alpha value is -1.90. The first-order chi connectivity index (χ1) is 9.92. The van der Waals surface area contributed by atoms with Gasteiger partial charge in [0.1, 0.15) is 0 Å². The molecule has 0 N–H and O–H groups in total. The van der Waals surface area contributed by atoms with Gasteiger partial charge >= 0.3 is 0 Å². The van der Waals surface area contributed by atoms with Gasteiger partial charge in [0.25, 0.3) is 0 Å². The highest BCUT2D eigenvalue weighted by molar-refractivity contribution is 7.14.